The van der Waals surface area contributed by atoms with E-state index in [0.717, 1.165) is 22.5 Å². The third-order valence-corrected chi connectivity index (χ3v) is 9.10. The van der Waals surface area contributed by atoms with Crippen LogP contribution in [0, 0.1) is 18.3 Å². The van der Waals surface area contributed by atoms with Crippen molar-refractivity contribution in [2.24, 2.45) is 5.73 Å². The smallest absolute Gasteiger partial charge is 0.355 e. The number of esters is 1. The number of allylic oxidation sites excluding steroid dienone is 1. The van der Waals surface area contributed by atoms with E-state index in [9.17, 15) is 10.1 Å². The Hall–Kier alpha value is -4.19. The number of halogens is 3. The Kier molecular flexibility index (Phi) is 7.95. The monoisotopic (exact) mass is 646 g/mol. The van der Waals surface area contributed by atoms with Gasteiger partial charge in [0.2, 0.25) is 5.88 Å². The first kappa shape index (κ1) is 28.9. The molecule has 1 aliphatic heterocycles. The zero-order valence-electron chi connectivity index (χ0n) is 22.5. The summed E-state index contributed by atoms with van der Waals surface area (Å²) in [5.74, 6) is 0.0961. The molecule has 6 rings (SSSR count). The number of nitrogens with zero attached hydrogens (tertiary/aromatic N) is 1. The molecule has 0 aliphatic carbocycles. The highest BCUT2D eigenvalue weighted by Crippen LogP contribution is 2.45. The lowest BCUT2D eigenvalue weighted by Gasteiger charge is -2.26. The van der Waals surface area contributed by atoms with Crippen LogP contribution in [0.15, 0.2) is 90.3 Å². The fourth-order valence-electron chi connectivity index (χ4n) is 4.85. The van der Waals surface area contributed by atoms with Crippen LogP contribution in [-0.4, -0.2) is 5.97 Å². The summed E-state index contributed by atoms with van der Waals surface area (Å²) in [6, 6.07) is 26.0. The predicted molar refractivity (Wildman–Crippen MR) is 170 cm³/mol. The van der Waals surface area contributed by atoms with Gasteiger partial charge in [-0.15, -0.1) is 11.3 Å². The van der Waals surface area contributed by atoms with Crippen LogP contribution in [0.4, 0.5) is 0 Å². The lowest BCUT2D eigenvalue weighted by atomic mass is 9.83. The van der Waals surface area contributed by atoms with Crippen LogP contribution in [0.25, 0.3) is 10.1 Å². The summed E-state index contributed by atoms with van der Waals surface area (Å²) in [5, 5.41) is 11.4. The van der Waals surface area contributed by atoms with Crippen LogP contribution in [-0.2, 0) is 6.61 Å². The summed E-state index contributed by atoms with van der Waals surface area (Å²) in [7, 11) is 0. The molecule has 1 aliphatic rings. The number of rotatable bonds is 6. The van der Waals surface area contributed by atoms with Gasteiger partial charge < -0.3 is 19.9 Å². The normalized spacial score (nSPS) is 14.2. The van der Waals surface area contributed by atoms with Crippen LogP contribution in [0.5, 0.6) is 17.2 Å². The van der Waals surface area contributed by atoms with Crippen LogP contribution < -0.4 is 19.9 Å². The number of thiophene rings is 1. The molecule has 6 nitrogen and oxygen atoms in total. The molecule has 0 spiro atoms. The van der Waals surface area contributed by atoms with E-state index in [1.165, 1.54) is 5.56 Å². The summed E-state index contributed by atoms with van der Waals surface area (Å²) >= 11 is 20.0. The fourth-order valence-corrected chi connectivity index (χ4v) is 7.09. The number of benzene rings is 4. The number of fused-ring (bicyclic) bond motifs is 2. The van der Waals surface area contributed by atoms with Crippen molar-refractivity contribution < 1.29 is 19.0 Å². The Morgan fingerprint density at radius 1 is 1.00 bits per heavy atom. The maximum absolute atomic E-state index is 13.1. The number of hydrogen-bond acceptors (Lipinski definition) is 7. The van der Waals surface area contributed by atoms with E-state index < -0.39 is 11.9 Å². The second-order valence-electron chi connectivity index (χ2n) is 9.86. The first-order valence-electron chi connectivity index (χ1n) is 13.0. The van der Waals surface area contributed by atoms with E-state index >= 15 is 0 Å². The second kappa shape index (κ2) is 11.8. The van der Waals surface area contributed by atoms with E-state index in [0.29, 0.717) is 43.8 Å². The SMILES string of the molecule is Cc1ccc(COc2ccc(C3C(C#N)=C(N)Oc4cc(OC(=O)c5sc6cc(Cl)cc(Cl)c6c5Cl)ccc43)cc2)cc1. The molecule has 0 saturated carbocycles. The van der Waals surface area contributed by atoms with Crippen molar-refractivity contribution in [2.75, 3.05) is 0 Å². The van der Waals surface area contributed by atoms with Crippen molar-refractivity contribution in [3.05, 3.63) is 133 Å². The Bertz CT molecular complexity index is 1960. The Labute approximate surface area is 266 Å². The molecule has 214 valence electrons. The lowest BCUT2D eigenvalue weighted by Crippen LogP contribution is -2.21. The zero-order valence-corrected chi connectivity index (χ0v) is 25.6. The molecule has 0 bridgehead atoms. The average Bonchev–Trinajstić information content (AvgIpc) is 3.32. The van der Waals surface area contributed by atoms with Crippen molar-refractivity contribution in [3.63, 3.8) is 0 Å². The van der Waals surface area contributed by atoms with E-state index in [2.05, 4.69) is 6.07 Å². The minimum atomic E-state index is -0.659. The summed E-state index contributed by atoms with van der Waals surface area (Å²) in [6.45, 7) is 2.48. The Morgan fingerprint density at radius 2 is 1.72 bits per heavy atom. The highest BCUT2D eigenvalue weighted by molar-refractivity contribution is 7.21. The lowest BCUT2D eigenvalue weighted by molar-refractivity contribution is 0.0740. The van der Waals surface area contributed by atoms with E-state index in [4.69, 9.17) is 54.7 Å². The topological polar surface area (TPSA) is 94.6 Å². The number of aryl methyl sites for hydroxylation is 1. The molecule has 1 aromatic heterocycles. The molecule has 10 heteroatoms. The highest BCUT2D eigenvalue weighted by atomic mass is 35.5. The van der Waals surface area contributed by atoms with Gasteiger partial charge in [0.1, 0.15) is 40.4 Å². The molecule has 1 atom stereocenters. The standard InChI is InChI=1S/C33H21Cl3N2O4S/c1-17-2-4-18(5-3-17)16-40-21-8-6-19(7-9-21)28-23-11-10-22(14-26(23)42-32(38)24(28)15-37)41-33(39)31-30(36)29-25(35)12-20(34)13-27(29)43-31/h2-14,28H,16,38H2,1H3. The quantitative estimate of drug-likeness (QED) is 0.146. The molecule has 4 aromatic carbocycles. The number of carbonyl (C=O) groups is 1. The summed E-state index contributed by atoms with van der Waals surface area (Å²) in [6.07, 6.45) is 0. The maximum Gasteiger partial charge on any atom is 0.355 e. The molecule has 0 radical (unpaired) electrons. The molecule has 2 heterocycles. The number of hydrogen-bond donors (Lipinski definition) is 1. The Morgan fingerprint density at radius 3 is 2.44 bits per heavy atom. The summed E-state index contributed by atoms with van der Waals surface area (Å²) < 4.78 is 18.1. The van der Waals surface area contributed by atoms with Crippen molar-refractivity contribution in [1.29, 1.82) is 5.26 Å². The van der Waals surface area contributed by atoms with Crippen LogP contribution >= 0.6 is 46.1 Å². The Balaban J connectivity index is 1.24. The molecular weight excluding hydrogens is 627 g/mol. The van der Waals surface area contributed by atoms with Gasteiger partial charge in [0.25, 0.3) is 0 Å². The molecule has 5 aromatic rings. The number of carbonyl (C=O) groups excluding carboxylic acids is 1. The first-order chi connectivity index (χ1) is 20.7. The van der Waals surface area contributed by atoms with Gasteiger partial charge in [-0.3, -0.25) is 0 Å². The van der Waals surface area contributed by atoms with Gasteiger partial charge in [0, 0.05) is 26.7 Å². The molecular formula is C33H21Cl3N2O4S. The van der Waals surface area contributed by atoms with Gasteiger partial charge in [0.05, 0.1) is 16.0 Å². The third kappa shape index (κ3) is 5.75. The van der Waals surface area contributed by atoms with E-state index in [1.807, 2.05) is 55.5 Å². The zero-order chi connectivity index (χ0) is 30.2. The van der Waals surface area contributed by atoms with Crippen LogP contribution in [0.1, 0.15) is 37.8 Å². The van der Waals surface area contributed by atoms with Crippen LogP contribution in [0.3, 0.4) is 0 Å². The van der Waals surface area contributed by atoms with E-state index in [-0.39, 0.29) is 27.1 Å². The molecule has 1 unspecified atom stereocenters. The molecule has 2 N–H and O–H groups in total. The summed E-state index contributed by atoms with van der Waals surface area (Å²) in [4.78, 5) is 13.3. The van der Waals surface area contributed by atoms with Crippen LogP contribution in [0.2, 0.25) is 15.1 Å². The fraction of sp³-hybridized carbons (Fsp3) is 0.0909. The van der Waals surface area contributed by atoms with Gasteiger partial charge in [-0.05, 0) is 48.4 Å². The first-order valence-corrected chi connectivity index (χ1v) is 15.0. The number of nitrogens with two attached hydrogens (primary N) is 1. The largest absolute Gasteiger partial charge is 0.489 e. The molecule has 43 heavy (non-hydrogen) atoms. The van der Waals surface area contributed by atoms with Gasteiger partial charge in [-0.25, -0.2) is 4.79 Å². The van der Waals surface area contributed by atoms with Crippen molar-refractivity contribution in [2.45, 2.75) is 19.4 Å². The second-order valence-corrected chi connectivity index (χ2v) is 12.1. The minimum Gasteiger partial charge on any atom is -0.489 e. The third-order valence-electron chi connectivity index (χ3n) is 6.98. The van der Waals surface area contributed by atoms with Gasteiger partial charge in [0.15, 0.2) is 0 Å². The van der Waals surface area contributed by atoms with Gasteiger partial charge >= 0.3 is 5.97 Å². The molecule has 0 fully saturated rings. The number of ether oxygens (including phenoxy) is 3. The van der Waals surface area contributed by atoms with E-state index in [1.54, 1.807) is 30.3 Å². The van der Waals surface area contributed by atoms with Gasteiger partial charge in [-0.1, -0.05) is 82.8 Å². The van der Waals surface area contributed by atoms with Crippen molar-refractivity contribution in [1.82, 2.24) is 0 Å². The predicted octanol–water partition coefficient (Wildman–Crippen LogP) is 9.19. The van der Waals surface area contributed by atoms with Crippen molar-refractivity contribution in [3.8, 4) is 23.3 Å². The van der Waals surface area contributed by atoms with Crippen molar-refractivity contribution >= 4 is 62.2 Å². The highest BCUT2D eigenvalue weighted by Gasteiger charge is 2.31. The van der Waals surface area contributed by atoms with Gasteiger partial charge in [-0.2, -0.15) is 5.26 Å². The average molecular weight is 648 g/mol. The number of nitriles is 1. The summed E-state index contributed by atoms with van der Waals surface area (Å²) in [5.41, 5.74) is 10.2. The minimum absolute atomic E-state index is 0.0257. The maximum atomic E-state index is 13.1. The molecule has 0 saturated heterocycles. The molecule has 0 amide bonds.